The number of carbonyl (C=O) groups excluding carboxylic acids is 2. The first-order valence-corrected chi connectivity index (χ1v) is 8.91. The molecule has 1 spiro atoms. The number of hydrogen-bond donors (Lipinski definition) is 1. The van der Waals surface area contributed by atoms with E-state index in [1.54, 1.807) is 25.4 Å². The van der Waals surface area contributed by atoms with Gasteiger partial charge in [-0.25, -0.2) is 0 Å². The first-order valence-electron chi connectivity index (χ1n) is 8.91. The van der Waals surface area contributed by atoms with Gasteiger partial charge in [-0.05, 0) is 24.6 Å². The van der Waals surface area contributed by atoms with E-state index in [4.69, 9.17) is 9.47 Å². The van der Waals surface area contributed by atoms with E-state index in [9.17, 15) is 9.59 Å². The number of pyridine rings is 1. The topological polar surface area (TPSA) is 80.8 Å². The number of hydrogen-bond acceptors (Lipinski definition) is 5. The molecule has 0 aromatic carbocycles. The highest BCUT2D eigenvalue weighted by atomic mass is 16.5. The lowest BCUT2D eigenvalue weighted by molar-refractivity contribution is -0.187. The first kappa shape index (κ1) is 18.5. The number of amides is 2. The minimum atomic E-state index is -0.292. The van der Waals surface area contributed by atoms with Crippen molar-refractivity contribution in [2.45, 2.75) is 31.5 Å². The Kier molecular flexibility index (Phi) is 5.68. The van der Waals surface area contributed by atoms with E-state index < -0.39 is 0 Å². The molecule has 0 saturated carbocycles. The molecule has 2 fully saturated rings. The van der Waals surface area contributed by atoms with Crippen molar-refractivity contribution in [1.29, 1.82) is 0 Å². The third kappa shape index (κ3) is 4.28. The van der Waals surface area contributed by atoms with Crippen LogP contribution in [0.25, 0.3) is 6.08 Å². The second kappa shape index (κ2) is 7.97. The van der Waals surface area contributed by atoms with Gasteiger partial charge in [-0.15, -0.1) is 0 Å². The minimum Gasteiger partial charge on any atom is -0.381 e. The van der Waals surface area contributed by atoms with E-state index in [0.29, 0.717) is 37.4 Å². The summed E-state index contributed by atoms with van der Waals surface area (Å²) < 4.78 is 11.6. The summed E-state index contributed by atoms with van der Waals surface area (Å²) in [5.41, 5.74) is 0.880. The lowest BCUT2D eigenvalue weighted by atomic mass is 9.91. The quantitative estimate of drug-likeness (QED) is 0.822. The second-order valence-electron chi connectivity index (χ2n) is 6.86. The molecule has 2 amide bonds. The molecule has 7 nitrogen and oxygen atoms in total. The number of morpholine rings is 1. The fourth-order valence-electron chi connectivity index (χ4n) is 3.50. The number of nitrogens with zero attached hydrogens (tertiary/aromatic N) is 2. The van der Waals surface area contributed by atoms with Gasteiger partial charge in [0.25, 0.3) is 5.91 Å². The monoisotopic (exact) mass is 359 g/mol. The maximum Gasteiger partial charge on any atom is 0.252 e. The van der Waals surface area contributed by atoms with Crippen LogP contribution < -0.4 is 5.32 Å². The predicted octanol–water partition coefficient (Wildman–Crippen LogP) is 1.25. The van der Waals surface area contributed by atoms with Crippen LogP contribution in [0.15, 0.2) is 24.5 Å². The number of nitrogens with one attached hydrogen (secondary N) is 1. The smallest absolute Gasteiger partial charge is 0.252 e. The average molecular weight is 359 g/mol. The number of carbonyl (C=O) groups is 2. The molecule has 3 heterocycles. The summed E-state index contributed by atoms with van der Waals surface area (Å²) in [4.78, 5) is 30.2. The van der Waals surface area contributed by atoms with Crippen molar-refractivity contribution in [1.82, 2.24) is 15.2 Å². The summed E-state index contributed by atoms with van der Waals surface area (Å²) in [6.45, 7) is 4.49. The molecular formula is C19H25N3O4. The molecule has 2 aliphatic heterocycles. The zero-order valence-corrected chi connectivity index (χ0v) is 15.2. The summed E-state index contributed by atoms with van der Waals surface area (Å²) >= 11 is 0. The number of rotatable bonds is 3. The molecule has 1 N–H and O–H groups in total. The Labute approximate surface area is 153 Å². The van der Waals surface area contributed by atoms with Crippen molar-refractivity contribution < 1.29 is 19.1 Å². The second-order valence-corrected chi connectivity index (χ2v) is 6.86. The van der Waals surface area contributed by atoms with Crippen LogP contribution in [-0.2, 0) is 14.3 Å². The molecule has 1 unspecified atom stereocenters. The first-order chi connectivity index (χ1) is 12.5. The van der Waals surface area contributed by atoms with Crippen LogP contribution >= 0.6 is 0 Å². The molecule has 0 bridgehead atoms. The molecule has 2 aliphatic rings. The van der Waals surface area contributed by atoms with Gasteiger partial charge in [0, 0.05) is 58.1 Å². The van der Waals surface area contributed by atoms with Gasteiger partial charge in [0.1, 0.15) is 0 Å². The fraction of sp³-hybridized carbons (Fsp3) is 0.526. The zero-order valence-electron chi connectivity index (χ0n) is 15.2. The van der Waals surface area contributed by atoms with E-state index in [2.05, 4.69) is 10.3 Å². The van der Waals surface area contributed by atoms with Gasteiger partial charge in [0.05, 0.1) is 23.8 Å². The van der Waals surface area contributed by atoms with Crippen LogP contribution in [-0.4, -0.2) is 66.8 Å². The van der Waals surface area contributed by atoms with Gasteiger partial charge in [0.2, 0.25) is 5.91 Å². The molecule has 0 radical (unpaired) electrons. The van der Waals surface area contributed by atoms with Gasteiger partial charge in [0.15, 0.2) is 0 Å². The van der Waals surface area contributed by atoms with Crippen molar-refractivity contribution in [3.8, 4) is 0 Å². The van der Waals surface area contributed by atoms with Gasteiger partial charge in [-0.3, -0.25) is 14.6 Å². The predicted molar refractivity (Wildman–Crippen MR) is 96.6 cm³/mol. The van der Waals surface area contributed by atoms with Crippen molar-refractivity contribution in [3.05, 3.63) is 35.7 Å². The summed E-state index contributed by atoms with van der Waals surface area (Å²) in [5, 5.41) is 2.56. The molecule has 1 aromatic rings. The maximum atomic E-state index is 12.7. The van der Waals surface area contributed by atoms with Crippen LogP contribution in [0.3, 0.4) is 0 Å². The Hall–Kier alpha value is -2.25. The zero-order chi connectivity index (χ0) is 18.6. The van der Waals surface area contributed by atoms with Gasteiger partial charge in [-0.1, -0.05) is 0 Å². The van der Waals surface area contributed by atoms with Crippen molar-refractivity contribution in [2.24, 2.45) is 0 Å². The van der Waals surface area contributed by atoms with Crippen LogP contribution in [0.5, 0.6) is 0 Å². The van der Waals surface area contributed by atoms with E-state index in [1.807, 2.05) is 11.8 Å². The van der Waals surface area contributed by atoms with Crippen LogP contribution in [0.1, 0.15) is 35.7 Å². The Morgan fingerprint density at radius 2 is 2.12 bits per heavy atom. The Morgan fingerprint density at radius 1 is 1.35 bits per heavy atom. The third-order valence-corrected chi connectivity index (χ3v) is 4.79. The molecule has 1 aromatic heterocycles. The van der Waals surface area contributed by atoms with Gasteiger partial charge in [-0.2, -0.15) is 0 Å². The lowest BCUT2D eigenvalue weighted by Gasteiger charge is -2.47. The Balaban J connectivity index is 1.69. The van der Waals surface area contributed by atoms with Crippen molar-refractivity contribution in [3.63, 3.8) is 0 Å². The van der Waals surface area contributed by atoms with Crippen molar-refractivity contribution in [2.75, 3.05) is 33.4 Å². The lowest BCUT2D eigenvalue weighted by Crippen LogP contribution is -2.58. The standard InChI is InChI=1S/C19H25N3O4/c1-14-12-22(13-19(26-14)5-7-25-8-6-19)17(23)4-3-15-9-16(11-21-10-15)18(24)20-2/h3-4,9-11,14H,5-8,12-13H2,1-2H3,(H,20,24)/b4-3+. The molecule has 26 heavy (non-hydrogen) atoms. The van der Waals surface area contributed by atoms with Crippen LogP contribution in [0.2, 0.25) is 0 Å². The summed E-state index contributed by atoms with van der Waals surface area (Å²) in [6, 6.07) is 1.71. The SMILES string of the molecule is CNC(=O)c1cncc(/C=C/C(=O)N2CC(C)OC3(CCOCC3)C2)c1. The Morgan fingerprint density at radius 3 is 2.85 bits per heavy atom. The molecule has 2 saturated heterocycles. The van der Waals surface area contributed by atoms with Crippen LogP contribution in [0.4, 0.5) is 0 Å². The molecular weight excluding hydrogens is 334 g/mol. The largest absolute Gasteiger partial charge is 0.381 e. The number of aromatic nitrogens is 1. The highest BCUT2D eigenvalue weighted by molar-refractivity contribution is 5.95. The van der Waals surface area contributed by atoms with E-state index in [1.165, 1.54) is 12.3 Å². The van der Waals surface area contributed by atoms with E-state index in [-0.39, 0.29) is 23.5 Å². The van der Waals surface area contributed by atoms with Gasteiger partial charge < -0.3 is 19.7 Å². The molecule has 0 aliphatic carbocycles. The third-order valence-electron chi connectivity index (χ3n) is 4.79. The minimum absolute atomic E-state index is 0.00237. The molecule has 3 rings (SSSR count). The molecule has 7 heteroatoms. The highest BCUT2D eigenvalue weighted by Crippen LogP contribution is 2.31. The average Bonchev–Trinajstić information content (AvgIpc) is 2.65. The molecule has 140 valence electrons. The van der Waals surface area contributed by atoms with E-state index >= 15 is 0 Å². The Bertz CT molecular complexity index is 698. The van der Waals surface area contributed by atoms with Crippen molar-refractivity contribution >= 4 is 17.9 Å². The summed E-state index contributed by atoms with van der Waals surface area (Å²) in [5.74, 6) is -0.265. The molecule has 1 atom stereocenters. The number of ether oxygens (including phenoxy) is 2. The fourth-order valence-corrected chi connectivity index (χ4v) is 3.50. The summed E-state index contributed by atoms with van der Waals surface area (Å²) in [6.07, 6.45) is 7.96. The van der Waals surface area contributed by atoms with Crippen LogP contribution in [0, 0.1) is 0 Å². The summed E-state index contributed by atoms with van der Waals surface area (Å²) in [7, 11) is 1.57. The normalized spacial score (nSPS) is 22.5. The maximum absolute atomic E-state index is 12.7. The van der Waals surface area contributed by atoms with Gasteiger partial charge >= 0.3 is 0 Å². The highest BCUT2D eigenvalue weighted by Gasteiger charge is 2.41. The van der Waals surface area contributed by atoms with E-state index in [0.717, 1.165) is 12.8 Å².